The standard InChI is InChI=1S/C9H14O4/c1-3-9(12-5-6-13-9)7-8(10)11-4-2/h3H,1,4-7H2,2H3. The Morgan fingerprint density at radius 1 is 1.62 bits per heavy atom. The largest absolute Gasteiger partial charge is 0.466 e. The molecule has 0 bridgehead atoms. The van der Waals surface area contributed by atoms with Crippen LogP contribution in [0.25, 0.3) is 0 Å². The lowest BCUT2D eigenvalue weighted by Crippen LogP contribution is -2.31. The van der Waals surface area contributed by atoms with Crippen molar-refractivity contribution < 1.29 is 19.0 Å². The quantitative estimate of drug-likeness (QED) is 0.482. The molecule has 0 aliphatic carbocycles. The third-order valence-corrected chi connectivity index (χ3v) is 1.78. The van der Waals surface area contributed by atoms with Crippen molar-refractivity contribution in [2.45, 2.75) is 19.1 Å². The summed E-state index contributed by atoms with van der Waals surface area (Å²) in [5, 5.41) is 0. The third-order valence-electron chi connectivity index (χ3n) is 1.78. The minimum atomic E-state index is -0.952. The molecule has 13 heavy (non-hydrogen) atoms. The average Bonchev–Trinajstić information content (AvgIpc) is 2.54. The van der Waals surface area contributed by atoms with E-state index < -0.39 is 5.79 Å². The molecule has 74 valence electrons. The molecule has 1 heterocycles. The van der Waals surface area contributed by atoms with Gasteiger partial charge in [0.25, 0.3) is 0 Å². The number of rotatable bonds is 4. The lowest BCUT2D eigenvalue weighted by atomic mass is 10.2. The topological polar surface area (TPSA) is 44.8 Å². The van der Waals surface area contributed by atoms with Crippen LogP contribution in [0, 0.1) is 0 Å². The van der Waals surface area contributed by atoms with E-state index in [0.717, 1.165) is 0 Å². The van der Waals surface area contributed by atoms with Gasteiger partial charge in [0.1, 0.15) is 6.42 Å². The molecule has 4 heteroatoms. The number of carbonyl (C=O) groups excluding carboxylic acids is 1. The van der Waals surface area contributed by atoms with E-state index in [1.807, 2.05) is 0 Å². The van der Waals surface area contributed by atoms with E-state index >= 15 is 0 Å². The fourth-order valence-corrected chi connectivity index (χ4v) is 1.18. The van der Waals surface area contributed by atoms with Crippen molar-refractivity contribution in [1.82, 2.24) is 0 Å². The Morgan fingerprint density at radius 2 is 2.23 bits per heavy atom. The van der Waals surface area contributed by atoms with Crippen LogP contribution in [0.5, 0.6) is 0 Å². The smallest absolute Gasteiger partial charge is 0.311 e. The van der Waals surface area contributed by atoms with Crippen LogP contribution in [0.3, 0.4) is 0 Å². The van der Waals surface area contributed by atoms with E-state index in [4.69, 9.17) is 14.2 Å². The Bertz CT molecular complexity index is 194. The fraction of sp³-hybridized carbons (Fsp3) is 0.667. The van der Waals surface area contributed by atoms with Crippen LogP contribution in [0.2, 0.25) is 0 Å². The Morgan fingerprint density at radius 3 is 2.69 bits per heavy atom. The van der Waals surface area contributed by atoms with Crippen molar-refractivity contribution >= 4 is 5.97 Å². The van der Waals surface area contributed by atoms with Gasteiger partial charge in [-0.05, 0) is 13.0 Å². The predicted octanol–water partition coefficient (Wildman–Crippen LogP) is 0.869. The van der Waals surface area contributed by atoms with Gasteiger partial charge in [0.2, 0.25) is 0 Å². The summed E-state index contributed by atoms with van der Waals surface area (Å²) < 4.78 is 15.3. The molecule has 0 amide bonds. The van der Waals surface area contributed by atoms with Gasteiger partial charge in [-0.15, -0.1) is 0 Å². The minimum absolute atomic E-state index is 0.0737. The minimum Gasteiger partial charge on any atom is -0.466 e. The number of hydrogen-bond acceptors (Lipinski definition) is 4. The highest BCUT2D eigenvalue weighted by molar-refractivity contribution is 5.70. The number of carbonyl (C=O) groups is 1. The van der Waals surface area contributed by atoms with E-state index in [-0.39, 0.29) is 12.4 Å². The monoisotopic (exact) mass is 186 g/mol. The van der Waals surface area contributed by atoms with Crippen LogP contribution in [0.15, 0.2) is 12.7 Å². The SMILES string of the molecule is C=CC1(CC(=O)OCC)OCCO1. The Balaban J connectivity index is 2.48. The van der Waals surface area contributed by atoms with Crippen molar-refractivity contribution in [1.29, 1.82) is 0 Å². The Hall–Kier alpha value is -0.870. The molecule has 0 radical (unpaired) electrons. The zero-order valence-corrected chi connectivity index (χ0v) is 7.75. The Kier molecular flexibility index (Phi) is 3.45. The summed E-state index contributed by atoms with van der Waals surface area (Å²) in [6.07, 6.45) is 1.57. The molecule has 0 spiro atoms. The molecule has 0 N–H and O–H groups in total. The molecule has 1 aliphatic rings. The molecule has 0 aromatic heterocycles. The van der Waals surface area contributed by atoms with Gasteiger partial charge in [-0.3, -0.25) is 4.79 Å². The van der Waals surface area contributed by atoms with Crippen molar-refractivity contribution in [3.05, 3.63) is 12.7 Å². The molecule has 0 aromatic carbocycles. The zero-order valence-electron chi connectivity index (χ0n) is 7.75. The van der Waals surface area contributed by atoms with Crippen molar-refractivity contribution in [2.75, 3.05) is 19.8 Å². The normalized spacial score (nSPS) is 19.8. The highest BCUT2D eigenvalue weighted by Crippen LogP contribution is 2.24. The van der Waals surface area contributed by atoms with Gasteiger partial charge in [-0.25, -0.2) is 0 Å². The van der Waals surface area contributed by atoms with E-state index in [9.17, 15) is 4.79 Å². The molecule has 1 saturated heterocycles. The summed E-state index contributed by atoms with van der Waals surface area (Å²) in [5.41, 5.74) is 0. The fourth-order valence-electron chi connectivity index (χ4n) is 1.18. The maximum Gasteiger partial charge on any atom is 0.311 e. The molecule has 1 fully saturated rings. The first-order chi connectivity index (χ1) is 6.22. The second-order valence-corrected chi connectivity index (χ2v) is 2.69. The molecular formula is C9H14O4. The number of ether oxygens (including phenoxy) is 3. The summed E-state index contributed by atoms with van der Waals surface area (Å²) in [5.74, 6) is -1.28. The second-order valence-electron chi connectivity index (χ2n) is 2.69. The first-order valence-corrected chi connectivity index (χ1v) is 4.29. The molecule has 1 aliphatic heterocycles. The number of hydrogen-bond donors (Lipinski definition) is 0. The summed E-state index contributed by atoms with van der Waals surface area (Å²) in [4.78, 5) is 11.1. The third kappa shape index (κ3) is 2.54. The van der Waals surface area contributed by atoms with E-state index in [2.05, 4.69) is 6.58 Å². The van der Waals surface area contributed by atoms with E-state index in [1.165, 1.54) is 6.08 Å². The van der Waals surface area contributed by atoms with Crippen LogP contribution >= 0.6 is 0 Å². The van der Waals surface area contributed by atoms with Gasteiger partial charge < -0.3 is 14.2 Å². The molecular weight excluding hydrogens is 172 g/mol. The first kappa shape index (κ1) is 10.2. The van der Waals surface area contributed by atoms with Gasteiger partial charge in [0.15, 0.2) is 5.79 Å². The van der Waals surface area contributed by atoms with E-state index in [1.54, 1.807) is 6.92 Å². The van der Waals surface area contributed by atoms with Crippen molar-refractivity contribution in [3.63, 3.8) is 0 Å². The highest BCUT2D eigenvalue weighted by atomic mass is 16.7. The molecule has 0 aromatic rings. The van der Waals surface area contributed by atoms with Gasteiger partial charge in [-0.1, -0.05) is 6.58 Å². The van der Waals surface area contributed by atoms with Gasteiger partial charge in [0, 0.05) is 0 Å². The predicted molar refractivity (Wildman–Crippen MR) is 46.1 cm³/mol. The van der Waals surface area contributed by atoms with E-state index in [0.29, 0.717) is 19.8 Å². The average molecular weight is 186 g/mol. The zero-order chi connectivity index (χ0) is 9.73. The van der Waals surface area contributed by atoms with Crippen LogP contribution in [-0.2, 0) is 19.0 Å². The molecule has 0 unspecified atom stereocenters. The van der Waals surface area contributed by atoms with Crippen LogP contribution in [0.4, 0.5) is 0 Å². The summed E-state index contributed by atoms with van der Waals surface area (Å²) >= 11 is 0. The molecule has 0 atom stereocenters. The lowest BCUT2D eigenvalue weighted by molar-refractivity contribution is -0.164. The second kappa shape index (κ2) is 4.39. The van der Waals surface area contributed by atoms with Gasteiger partial charge in [-0.2, -0.15) is 0 Å². The lowest BCUT2D eigenvalue weighted by Gasteiger charge is -2.21. The number of esters is 1. The van der Waals surface area contributed by atoms with Crippen LogP contribution in [0.1, 0.15) is 13.3 Å². The Labute approximate surface area is 77.5 Å². The van der Waals surface area contributed by atoms with Gasteiger partial charge >= 0.3 is 5.97 Å². The molecule has 1 rings (SSSR count). The van der Waals surface area contributed by atoms with Crippen LogP contribution < -0.4 is 0 Å². The summed E-state index contributed by atoms with van der Waals surface area (Å²) in [6, 6.07) is 0. The molecule has 4 nitrogen and oxygen atoms in total. The molecule has 0 saturated carbocycles. The van der Waals surface area contributed by atoms with Crippen molar-refractivity contribution in [3.8, 4) is 0 Å². The summed E-state index contributed by atoms with van der Waals surface area (Å²) in [7, 11) is 0. The highest BCUT2D eigenvalue weighted by Gasteiger charge is 2.36. The first-order valence-electron chi connectivity index (χ1n) is 4.29. The van der Waals surface area contributed by atoms with Crippen LogP contribution in [-0.4, -0.2) is 31.6 Å². The maximum absolute atomic E-state index is 11.1. The van der Waals surface area contributed by atoms with Gasteiger partial charge in [0.05, 0.1) is 19.8 Å². The maximum atomic E-state index is 11.1. The van der Waals surface area contributed by atoms with Crippen molar-refractivity contribution in [2.24, 2.45) is 0 Å². The summed E-state index contributed by atoms with van der Waals surface area (Å²) in [6.45, 7) is 6.68.